The van der Waals surface area contributed by atoms with Crippen molar-refractivity contribution in [2.75, 3.05) is 5.75 Å². The van der Waals surface area contributed by atoms with Crippen LogP contribution in [-0.2, 0) is 0 Å². The number of allylic oxidation sites excluding steroid dienone is 1. The van der Waals surface area contributed by atoms with Crippen molar-refractivity contribution in [3.63, 3.8) is 0 Å². The van der Waals surface area contributed by atoms with Gasteiger partial charge in [0.25, 0.3) is 0 Å². The molecule has 1 heteroatoms. The minimum Gasteiger partial charge on any atom is -0.126 e. The van der Waals surface area contributed by atoms with E-state index in [-0.39, 0.29) is 0 Å². The summed E-state index contributed by atoms with van der Waals surface area (Å²) in [5, 5.41) is 0. The Morgan fingerprint density at radius 3 is 2.67 bits per heavy atom. The second-order valence-corrected chi connectivity index (χ2v) is 3.76. The zero-order valence-corrected chi connectivity index (χ0v) is 8.02. The third-order valence-corrected chi connectivity index (χ3v) is 2.66. The third-order valence-electron chi connectivity index (χ3n) is 1.56. The van der Waals surface area contributed by atoms with Gasteiger partial charge in [0, 0.05) is 4.90 Å². The van der Waals surface area contributed by atoms with Gasteiger partial charge in [-0.15, -0.1) is 18.3 Å². The molecule has 0 radical (unpaired) electrons. The van der Waals surface area contributed by atoms with Crippen LogP contribution in [0.2, 0.25) is 0 Å². The first kappa shape index (κ1) is 9.40. The summed E-state index contributed by atoms with van der Waals surface area (Å²) < 4.78 is 0. The standard InChI is InChI=1S/C11H14S/c1-2-3-7-10-12-11-8-5-4-6-9-11/h2,4-6,8-9H,1,3,7,10H2. The van der Waals surface area contributed by atoms with Crippen LogP contribution in [0.5, 0.6) is 0 Å². The lowest BCUT2D eigenvalue weighted by atomic mass is 10.3. The quantitative estimate of drug-likeness (QED) is 0.376. The van der Waals surface area contributed by atoms with Crippen molar-refractivity contribution < 1.29 is 0 Å². The number of unbranched alkanes of at least 4 members (excludes halogenated alkanes) is 1. The minimum atomic E-state index is 1.12. The lowest BCUT2D eigenvalue weighted by molar-refractivity contribution is 0.974. The molecule has 1 rings (SSSR count). The zero-order valence-electron chi connectivity index (χ0n) is 7.20. The fourth-order valence-electron chi connectivity index (χ4n) is 0.934. The lowest BCUT2D eigenvalue weighted by Gasteiger charge is -1.98. The van der Waals surface area contributed by atoms with Gasteiger partial charge in [-0.05, 0) is 30.7 Å². The molecule has 0 N–H and O–H groups in total. The first-order valence-electron chi connectivity index (χ1n) is 4.22. The van der Waals surface area contributed by atoms with Crippen LogP contribution in [0.1, 0.15) is 12.8 Å². The van der Waals surface area contributed by atoms with Crippen molar-refractivity contribution in [2.24, 2.45) is 0 Å². The Balaban J connectivity index is 2.20. The van der Waals surface area contributed by atoms with Crippen molar-refractivity contribution in [2.45, 2.75) is 17.7 Å². The predicted molar refractivity (Wildman–Crippen MR) is 56.6 cm³/mol. The molecule has 0 unspecified atom stereocenters. The van der Waals surface area contributed by atoms with Crippen molar-refractivity contribution in [1.29, 1.82) is 0 Å². The second kappa shape index (κ2) is 5.90. The van der Waals surface area contributed by atoms with Gasteiger partial charge in [0.15, 0.2) is 0 Å². The van der Waals surface area contributed by atoms with Gasteiger partial charge in [0.2, 0.25) is 0 Å². The number of hydrogen-bond acceptors (Lipinski definition) is 1. The summed E-state index contributed by atoms with van der Waals surface area (Å²) in [6.07, 6.45) is 4.33. The number of benzene rings is 1. The molecule has 12 heavy (non-hydrogen) atoms. The van der Waals surface area contributed by atoms with Crippen molar-refractivity contribution in [1.82, 2.24) is 0 Å². The van der Waals surface area contributed by atoms with Gasteiger partial charge in [-0.1, -0.05) is 24.3 Å². The highest BCUT2D eigenvalue weighted by molar-refractivity contribution is 7.99. The summed E-state index contributed by atoms with van der Waals surface area (Å²) in [5.41, 5.74) is 0. The number of thioether (sulfide) groups is 1. The zero-order chi connectivity index (χ0) is 8.65. The topological polar surface area (TPSA) is 0 Å². The van der Waals surface area contributed by atoms with Gasteiger partial charge in [-0.3, -0.25) is 0 Å². The van der Waals surface area contributed by atoms with E-state index in [2.05, 4.69) is 30.8 Å². The van der Waals surface area contributed by atoms with E-state index >= 15 is 0 Å². The summed E-state index contributed by atoms with van der Waals surface area (Å²) in [6, 6.07) is 10.5. The van der Waals surface area contributed by atoms with Gasteiger partial charge in [0.05, 0.1) is 0 Å². The van der Waals surface area contributed by atoms with Crippen LogP contribution in [0, 0.1) is 0 Å². The summed E-state index contributed by atoms with van der Waals surface area (Å²) in [6.45, 7) is 3.70. The van der Waals surface area contributed by atoms with E-state index in [4.69, 9.17) is 0 Å². The van der Waals surface area contributed by atoms with Gasteiger partial charge < -0.3 is 0 Å². The Labute approximate surface area is 78.7 Å². The van der Waals surface area contributed by atoms with Crippen molar-refractivity contribution >= 4 is 11.8 Å². The van der Waals surface area contributed by atoms with Crippen LogP contribution >= 0.6 is 11.8 Å². The minimum absolute atomic E-state index is 1.12. The van der Waals surface area contributed by atoms with E-state index in [1.165, 1.54) is 17.1 Å². The maximum absolute atomic E-state index is 3.70. The molecule has 0 bridgehead atoms. The number of rotatable bonds is 5. The highest BCUT2D eigenvalue weighted by atomic mass is 32.2. The molecule has 1 aromatic carbocycles. The molecule has 0 nitrogen and oxygen atoms in total. The van der Waals surface area contributed by atoms with E-state index in [0.717, 1.165) is 6.42 Å². The Morgan fingerprint density at radius 1 is 1.25 bits per heavy atom. The Kier molecular flexibility index (Phi) is 4.62. The molecule has 1 aromatic rings. The van der Waals surface area contributed by atoms with E-state index < -0.39 is 0 Å². The highest BCUT2D eigenvalue weighted by Gasteiger charge is 1.90. The fraction of sp³-hybridized carbons (Fsp3) is 0.273. The lowest BCUT2D eigenvalue weighted by Crippen LogP contribution is -1.77. The molecule has 0 aliphatic carbocycles. The molecule has 64 valence electrons. The molecule has 0 heterocycles. The highest BCUT2D eigenvalue weighted by Crippen LogP contribution is 2.18. The smallest absolute Gasteiger partial charge is 0.00719 e. The monoisotopic (exact) mass is 178 g/mol. The largest absolute Gasteiger partial charge is 0.126 e. The second-order valence-electron chi connectivity index (χ2n) is 2.59. The van der Waals surface area contributed by atoms with Gasteiger partial charge in [-0.25, -0.2) is 0 Å². The average molecular weight is 178 g/mol. The molecular weight excluding hydrogens is 164 g/mol. The Hall–Kier alpha value is -0.690. The molecule has 0 saturated heterocycles. The molecule has 0 aliphatic rings. The molecule has 0 amide bonds. The first-order valence-corrected chi connectivity index (χ1v) is 5.21. The predicted octanol–water partition coefficient (Wildman–Crippen LogP) is 3.74. The maximum atomic E-state index is 3.70. The van der Waals surface area contributed by atoms with E-state index in [1.807, 2.05) is 23.9 Å². The van der Waals surface area contributed by atoms with Crippen LogP contribution in [0.4, 0.5) is 0 Å². The van der Waals surface area contributed by atoms with Gasteiger partial charge in [-0.2, -0.15) is 0 Å². The molecule has 0 aromatic heterocycles. The summed E-state index contributed by atoms with van der Waals surface area (Å²) in [7, 11) is 0. The third kappa shape index (κ3) is 3.63. The van der Waals surface area contributed by atoms with Crippen molar-refractivity contribution in [3.05, 3.63) is 43.0 Å². The van der Waals surface area contributed by atoms with Crippen molar-refractivity contribution in [3.8, 4) is 0 Å². The van der Waals surface area contributed by atoms with Crippen LogP contribution in [0.25, 0.3) is 0 Å². The molecule has 0 saturated carbocycles. The SMILES string of the molecule is C=CCCCSc1ccccc1. The van der Waals surface area contributed by atoms with Crippen LogP contribution < -0.4 is 0 Å². The Bertz CT molecular complexity index is 216. The molecule has 0 atom stereocenters. The van der Waals surface area contributed by atoms with E-state index in [9.17, 15) is 0 Å². The van der Waals surface area contributed by atoms with Gasteiger partial charge >= 0.3 is 0 Å². The maximum Gasteiger partial charge on any atom is 0.00719 e. The fourth-order valence-corrected chi connectivity index (χ4v) is 1.83. The number of hydrogen-bond donors (Lipinski definition) is 0. The molecular formula is C11H14S. The first-order chi connectivity index (χ1) is 5.93. The summed E-state index contributed by atoms with van der Waals surface area (Å²) >= 11 is 1.91. The average Bonchev–Trinajstić information content (AvgIpc) is 2.14. The normalized spacial score (nSPS) is 9.67. The van der Waals surface area contributed by atoms with E-state index in [1.54, 1.807) is 0 Å². The van der Waals surface area contributed by atoms with Crippen LogP contribution in [-0.4, -0.2) is 5.75 Å². The Morgan fingerprint density at radius 2 is 2.00 bits per heavy atom. The summed E-state index contributed by atoms with van der Waals surface area (Å²) in [5.74, 6) is 1.19. The molecule has 0 spiro atoms. The molecule has 0 aliphatic heterocycles. The van der Waals surface area contributed by atoms with E-state index in [0.29, 0.717) is 0 Å². The summed E-state index contributed by atoms with van der Waals surface area (Å²) in [4.78, 5) is 1.36. The van der Waals surface area contributed by atoms with Gasteiger partial charge in [0.1, 0.15) is 0 Å². The van der Waals surface area contributed by atoms with Crippen LogP contribution in [0.15, 0.2) is 47.9 Å². The van der Waals surface area contributed by atoms with Crippen LogP contribution in [0.3, 0.4) is 0 Å². The molecule has 0 fully saturated rings.